The van der Waals surface area contributed by atoms with E-state index in [9.17, 15) is 13.6 Å². The first kappa shape index (κ1) is 17.5. The molecule has 0 aliphatic carbocycles. The molecule has 0 saturated carbocycles. The topological polar surface area (TPSA) is 38.8 Å². The SMILES string of the molecule is COc1ccc(C2SCC(=O)N2Cc2ccc(F)c(F)c2)cc1OC. The minimum atomic E-state index is -0.917. The van der Waals surface area contributed by atoms with Crippen molar-refractivity contribution >= 4 is 17.7 Å². The van der Waals surface area contributed by atoms with Crippen molar-refractivity contribution < 1.29 is 23.0 Å². The van der Waals surface area contributed by atoms with Gasteiger partial charge in [-0.05, 0) is 35.4 Å². The van der Waals surface area contributed by atoms with Gasteiger partial charge in [0.1, 0.15) is 5.37 Å². The molecule has 1 aliphatic rings. The van der Waals surface area contributed by atoms with Gasteiger partial charge in [-0.1, -0.05) is 12.1 Å². The molecule has 1 unspecified atom stereocenters. The second kappa shape index (κ2) is 7.31. The number of nitrogens with zero attached hydrogens (tertiary/aromatic N) is 1. The van der Waals surface area contributed by atoms with E-state index in [0.29, 0.717) is 22.8 Å². The molecule has 0 spiro atoms. The molecule has 1 fully saturated rings. The molecule has 132 valence electrons. The van der Waals surface area contributed by atoms with Gasteiger partial charge in [-0.25, -0.2) is 8.78 Å². The van der Waals surface area contributed by atoms with E-state index in [1.54, 1.807) is 25.2 Å². The van der Waals surface area contributed by atoms with Gasteiger partial charge < -0.3 is 14.4 Å². The Labute approximate surface area is 148 Å². The third-order valence-corrected chi connectivity index (χ3v) is 5.25. The minimum absolute atomic E-state index is 0.0467. The average Bonchev–Trinajstić information content (AvgIpc) is 2.98. The summed E-state index contributed by atoms with van der Waals surface area (Å²) in [7, 11) is 3.11. The first-order chi connectivity index (χ1) is 12.0. The van der Waals surface area contributed by atoms with E-state index in [0.717, 1.165) is 17.7 Å². The Kier molecular flexibility index (Phi) is 5.13. The van der Waals surface area contributed by atoms with Crippen LogP contribution < -0.4 is 9.47 Å². The Morgan fingerprint density at radius 2 is 1.84 bits per heavy atom. The minimum Gasteiger partial charge on any atom is -0.493 e. The number of rotatable bonds is 5. The van der Waals surface area contributed by atoms with Crippen LogP contribution in [0.1, 0.15) is 16.5 Å². The van der Waals surface area contributed by atoms with Crippen molar-refractivity contribution in [2.75, 3.05) is 20.0 Å². The predicted octanol–water partition coefficient (Wildman–Crippen LogP) is 3.76. The largest absolute Gasteiger partial charge is 0.493 e. The molecule has 0 aromatic heterocycles. The standard InChI is InChI=1S/C18H17F2NO3S/c1-23-15-6-4-12(8-16(15)24-2)18-21(17(22)10-25-18)9-11-3-5-13(19)14(20)7-11/h3-8,18H,9-10H2,1-2H3. The van der Waals surface area contributed by atoms with Crippen molar-refractivity contribution in [3.8, 4) is 11.5 Å². The van der Waals surface area contributed by atoms with Crippen LogP contribution in [0.3, 0.4) is 0 Å². The summed E-state index contributed by atoms with van der Waals surface area (Å²) < 4.78 is 37.1. The van der Waals surface area contributed by atoms with Crippen molar-refractivity contribution in [3.63, 3.8) is 0 Å². The molecule has 1 atom stereocenters. The zero-order chi connectivity index (χ0) is 18.0. The third kappa shape index (κ3) is 3.56. The number of hydrogen-bond donors (Lipinski definition) is 0. The molecule has 2 aromatic rings. The lowest BCUT2D eigenvalue weighted by Gasteiger charge is -2.25. The highest BCUT2D eigenvalue weighted by Gasteiger charge is 2.33. The van der Waals surface area contributed by atoms with Gasteiger partial charge in [0.25, 0.3) is 0 Å². The van der Waals surface area contributed by atoms with E-state index >= 15 is 0 Å². The lowest BCUT2D eigenvalue weighted by Crippen LogP contribution is -2.27. The number of carbonyl (C=O) groups excluding carboxylic acids is 1. The maximum Gasteiger partial charge on any atom is 0.234 e. The molecule has 2 aromatic carbocycles. The van der Waals surface area contributed by atoms with Gasteiger partial charge in [0.2, 0.25) is 5.91 Å². The van der Waals surface area contributed by atoms with Crippen molar-refractivity contribution in [2.45, 2.75) is 11.9 Å². The molecule has 0 radical (unpaired) electrons. The first-order valence-electron chi connectivity index (χ1n) is 7.60. The highest BCUT2D eigenvalue weighted by Crippen LogP contribution is 2.42. The van der Waals surface area contributed by atoms with Crippen LogP contribution in [0.4, 0.5) is 8.78 Å². The van der Waals surface area contributed by atoms with Crippen LogP contribution in [-0.2, 0) is 11.3 Å². The summed E-state index contributed by atoms with van der Waals surface area (Å²) in [6, 6.07) is 9.16. The lowest BCUT2D eigenvalue weighted by atomic mass is 10.1. The highest BCUT2D eigenvalue weighted by atomic mass is 32.2. The van der Waals surface area contributed by atoms with Crippen molar-refractivity contribution in [3.05, 3.63) is 59.2 Å². The van der Waals surface area contributed by atoms with E-state index < -0.39 is 11.6 Å². The molecular weight excluding hydrogens is 348 g/mol. The van der Waals surface area contributed by atoms with Gasteiger partial charge in [-0.3, -0.25) is 4.79 Å². The lowest BCUT2D eigenvalue weighted by molar-refractivity contribution is -0.128. The summed E-state index contributed by atoms with van der Waals surface area (Å²) in [5.41, 5.74) is 1.43. The van der Waals surface area contributed by atoms with Crippen molar-refractivity contribution in [1.82, 2.24) is 4.90 Å². The fraction of sp³-hybridized carbons (Fsp3) is 0.278. The van der Waals surface area contributed by atoms with E-state index in [-0.39, 0.29) is 17.8 Å². The molecule has 1 amide bonds. The van der Waals surface area contributed by atoms with Crippen molar-refractivity contribution in [1.29, 1.82) is 0 Å². The summed E-state index contributed by atoms with van der Waals surface area (Å²) in [6.45, 7) is 0.210. The molecule has 0 bridgehead atoms. The Morgan fingerprint density at radius 3 is 2.52 bits per heavy atom. The van der Waals surface area contributed by atoms with Gasteiger partial charge >= 0.3 is 0 Å². The molecular formula is C18H17F2NO3S. The summed E-state index contributed by atoms with van der Waals surface area (Å²) >= 11 is 1.48. The van der Waals surface area contributed by atoms with Crippen LogP contribution in [0.5, 0.6) is 11.5 Å². The molecule has 4 nitrogen and oxygen atoms in total. The predicted molar refractivity (Wildman–Crippen MR) is 91.7 cm³/mol. The Bertz CT molecular complexity index is 800. The molecule has 3 rings (SSSR count). The van der Waals surface area contributed by atoms with Crippen LogP contribution >= 0.6 is 11.8 Å². The number of ether oxygens (including phenoxy) is 2. The monoisotopic (exact) mass is 365 g/mol. The Morgan fingerprint density at radius 1 is 1.08 bits per heavy atom. The quantitative estimate of drug-likeness (QED) is 0.809. The zero-order valence-corrected chi connectivity index (χ0v) is 14.6. The average molecular weight is 365 g/mol. The van der Waals surface area contributed by atoms with Gasteiger partial charge in [-0.15, -0.1) is 11.8 Å². The molecule has 1 aliphatic heterocycles. The summed E-state index contributed by atoms with van der Waals surface area (Å²) in [4.78, 5) is 13.9. The Balaban J connectivity index is 1.87. The van der Waals surface area contributed by atoms with E-state index in [1.807, 2.05) is 12.1 Å². The second-order valence-electron chi connectivity index (χ2n) is 5.55. The summed E-state index contributed by atoms with van der Waals surface area (Å²) in [5, 5.41) is -0.222. The van der Waals surface area contributed by atoms with Gasteiger partial charge in [-0.2, -0.15) is 0 Å². The van der Waals surface area contributed by atoms with Crippen LogP contribution in [0.15, 0.2) is 36.4 Å². The third-order valence-electron chi connectivity index (χ3n) is 4.00. The molecule has 1 heterocycles. The number of thioether (sulfide) groups is 1. The molecule has 7 heteroatoms. The maximum atomic E-state index is 13.4. The number of benzene rings is 2. The number of methoxy groups -OCH3 is 2. The second-order valence-corrected chi connectivity index (χ2v) is 6.62. The van der Waals surface area contributed by atoms with E-state index in [2.05, 4.69) is 0 Å². The van der Waals surface area contributed by atoms with Gasteiger partial charge in [0.15, 0.2) is 23.1 Å². The van der Waals surface area contributed by atoms with Crippen LogP contribution in [0.25, 0.3) is 0 Å². The first-order valence-corrected chi connectivity index (χ1v) is 8.65. The Hall–Kier alpha value is -2.28. The van der Waals surface area contributed by atoms with Crippen LogP contribution in [-0.4, -0.2) is 30.8 Å². The fourth-order valence-corrected chi connectivity index (χ4v) is 3.92. The fourth-order valence-electron chi connectivity index (χ4n) is 2.74. The van der Waals surface area contributed by atoms with Gasteiger partial charge in [0.05, 0.1) is 20.0 Å². The summed E-state index contributed by atoms with van der Waals surface area (Å²) in [5.74, 6) is -0.348. The molecule has 1 saturated heterocycles. The number of halogens is 2. The van der Waals surface area contributed by atoms with Crippen LogP contribution in [0, 0.1) is 11.6 Å². The highest BCUT2D eigenvalue weighted by molar-refractivity contribution is 8.00. The summed E-state index contributed by atoms with van der Waals surface area (Å²) in [6.07, 6.45) is 0. The van der Waals surface area contributed by atoms with E-state index in [4.69, 9.17) is 9.47 Å². The normalized spacial score (nSPS) is 17.0. The number of carbonyl (C=O) groups is 1. The number of hydrogen-bond acceptors (Lipinski definition) is 4. The molecule has 25 heavy (non-hydrogen) atoms. The smallest absolute Gasteiger partial charge is 0.234 e. The maximum absolute atomic E-state index is 13.4. The van der Waals surface area contributed by atoms with Gasteiger partial charge in [0, 0.05) is 6.54 Å². The number of amides is 1. The van der Waals surface area contributed by atoms with Crippen molar-refractivity contribution in [2.24, 2.45) is 0 Å². The van der Waals surface area contributed by atoms with E-state index in [1.165, 1.54) is 17.8 Å². The zero-order valence-electron chi connectivity index (χ0n) is 13.8. The molecule has 0 N–H and O–H groups in total. The van der Waals surface area contributed by atoms with Crippen LogP contribution in [0.2, 0.25) is 0 Å².